The van der Waals surface area contributed by atoms with Gasteiger partial charge in [0.1, 0.15) is 18.5 Å². The summed E-state index contributed by atoms with van der Waals surface area (Å²) in [6.07, 6.45) is 1.83. The first kappa shape index (κ1) is 22.6. The minimum Gasteiger partial charge on any atom is -0.476 e. The summed E-state index contributed by atoms with van der Waals surface area (Å²) in [7, 11) is 1.54. The second-order valence-electron chi connectivity index (χ2n) is 9.03. The molecule has 180 valence electrons. The van der Waals surface area contributed by atoms with E-state index in [-0.39, 0.29) is 24.0 Å². The van der Waals surface area contributed by atoms with Gasteiger partial charge in [-0.15, -0.1) is 0 Å². The zero-order valence-electron chi connectivity index (χ0n) is 19.2. The molecule has 3 aromatic rings. The maximum absolute atomic E-state index is 13.0. The number of hydrogen-bond acceptors (Lipinski definition) is 5. The van der Waals surface area contributed by atoms with Gasteiger partial charge in [0, 0.05) is 19.0 Å². The fraction of sp³-hybridized carbons (Fsp3) is 0.308. The van der Waals surface area contributed by atoms with Crippen molar-refractivity contribution in [1.29, 1.82) is 0 Å². The van der Waals surface area contributed by atoms with Gasteiger partial charge in [0.05, 0.1) is 0 Å². The zero-order valence-corrected chi connectivity index (χ0v) is 19.2. The third-order valence-electron chi connectivity index (χ3n) is 6.57. The summed E-state index contributed by atoms with van der Waals surface area (Å²) in [5.74, 6) is -1.10. The molecule has 9 heteroatoms. The molecular formula is C26H26N4O5. The number of rotatable bonds is 8. The van der Waals surface area contributed by atoms with Crippen LogP contribution in [0, 0.1) is 5.92 Å². The Bertz CT molecular complexity index is 1250. The topological polar surface area (TPSA) is 123 Å². The lowest BCUT2D eigenvalue weighted by Crippen LogP contribution is -2.44. The van der Waals surface area contributed by atoms with Crippen molar-refractivity contribution in [1.82, 2.24) is 15.1 Å². The molecule has 0 saturated heterocycles. The molecule has 0 spiro atoms. The average Bonchev–Trinajstić information content (AvgIpc) is 3.51. The van der Waals surface area contributed by atoms with Gasteiger partial charge in [0.25, 0.3) is 0 Å². The molecule has 1 atom stereocenters. The Hall–Kier alpha value is -4.14. The number of carboxylic acids is 1. The number of carbonyl (C=O) groups excluding carboxylic acids is 2. The molecule has 0 aliphatic heterocycles. The van der Waals surface area contributed by atoms with Crippen LogP contribution in [0.4, 0.5) is 10.6 Å². The first-order valence-electron chi connectivity index (χ1n) is 11.6. The summed E-state index contributed by atoms with van der Waals surface area (Å²) in [5, 5.41) is 18.4. The number of benzene rings is 2. The predicted molar refractivity (Wildman–Crippen MR) is 128 cm³/mol. The van der Waals surface area contributed by atoms with Crippen molar-refractivity contribution in [2.75, 3.05) is 11.9 Å². The molecule has 3 N–H and O–H groups in total. The van der Waals surface area contributed by atoms with Gasteiger partial charge in [-0.2, -0.15) is 5.10 Å². The second-order valence-corrected chi connectivity index (χ2v) is 9.03. The number of aromatic nitrogens is 2. The molecule has 2 amide bonds. The first-order chi connectivity index (χ1) is 16.9. The van der Waals surface area contributed by atoms with Crippen LogP contribution in [0.2, 0.25) is 0 Å². The Morgan fingerprint density at radius 2 is 1.71 bits per heavy atom. The highest BCUT2D eigenvalue weighted by atomic mass is 16.5. The number of carboxylic acid groups (broad SMARTS) is 1. The molecule has 2 aliphatic rings. The van der Waals surface area contributed by atoms with Gasteiger partial charge in [-0.1, -0.05) is 61.4 Å². The number of alkyl carbamates (subject to hydrolysis) is 1. The Balaban J connectivity index is 1.25. The lowest BCUT2D eigenvalue weighted by Gasteiger charge is -2.19. The highest BCUT2D eigenvalue weighted by Gasteiger charge is 2.33. The quantitative estimate of drug-likeness (QED) is 0.457. The van der Waals surface area contributed by atoms with Crippen molar-refractivity contribution in [3.05, 3.63) is 71.4 Å². The highest BCUT2D eigenvalue weighted by molar-refractivity contribution is 5.97. The van der Waals surface area contributed by atoms with Crippen LogP contribution >= 0.6 is 0 Å². The lowest BCUT2D eigenvalue weighted by molar-refractivity contribution is -0.118. The van der Waals surface area contributed by atoms with E-state index in [1.54, 1.807) is 0 Å². The van der Waals surface area contributed by atoms with Gasteiger partial charge >= 0.3 is 12.1 Å². The van der Waals surface area contributed by atoms with Crippen LogP contribution in [0.15, 0.2) is 54.6 Å². The van der Waals surface area contributed by atoms with Crippen molar-refractivity contribution < 1.29 is 24.2 Å². The molecule has 5 rings (SSSR count). The molecule has 2 aromatic carbocycles. The Morgan fingerprint density at radius 1 is 1.09 bits per heavy atom. The second kappa shape index (κ2) is 9.25. The molecule has 1 saturated carbocycles. The Kier molecular flexibility index (Phi) is 5.98. The Morgan fingerprint density at radius 3 is 2.29 bits per heavy atom. The van der Waals surface area contributed by atoms with E-state index in [1.165, 1.54) is 17.8 Å². The lowest BCUT2D eigenvalue weighted by atomic mass is 9.98. The van der Waals surface area contributed by atoms with Gasteiger partial charge in [-0.05, 0) is 34.6 Å². The SMILES string of the molecule is Cn1nc(C(=O)O)cc1NC(=O)[C@H](CC1CC1)NC(=O)OCC1c2ccccc2-c2ccccc21. The molecule has 35 heavy (non-hydrogen) atoms. The van der Waals surface area contributed by atoms with Crippen molar-refractivity contribution in [2.45, 2.75) is 31.2 Å². The normalized spacial score (nSPS) is 15.1. The largest absolute Gasteiger partial charge is 0.476 e. The third-order valence-corrected chi connectivity index (χ3v) is 6.57. The van der Waals surface area contributed by atoms with E-state index in [0.717, 1.165) is 35.1 Å². The number of ether oxygens (including phenoxy) is 1. The van der Waals surface area contributed by atoms with E-state index < -0.39 is 24.0 Å². The standard InChI is InChI=1S/C26H26N4O5/c1-30-23(13-22(29-30)25(32)33)28-24(31)21(12-15-10-11-15)27-26(34)35-14-20-18-8-4-2-6-16(18)17-7-3-5-9-19(17)20/h2-9,13,15,20-21H,10-12,14H2,1H3,(H,27,34)(H,28,31)(H,32,33)/t21-/m0/s1. The molecule has 1 aromatic heterocycles. The fourth-order valence-electron chi connectivity index (χ4n) is 4.60. The zero-order chi connectivity index (χ0) is 24.5. The van der Waals surface area contributed by atoms with Crippen molar-refractivity contribution >= 4 is 23.8 Å². The number of hydrogen-bond donors (Lipinski definition) is 3. The number of amides is 2. The van der Waals surface area contributed by atoms with E-state index in [2.05, 4.69) is 27.9 Å². The number of aromatic carboxylic acids is 1. The number of fused-ring (bicyclic) bond motifs is 3. The van der Waals surface area contributed by atoms with Gasteiger partial charge in [0.15, 0.2) is 5.69 Å². The summed E-state index contributed by atoms with van der Waals surface area (Å²) in [6, 6.07) is 16.6. The molecule has 1 fully saturated rings. The van der Waals surface area contributed by atoms with Crippen LogP contribution in [-0.4, -0.2) is 45.5 Å². The average molecular weight is 475 g/mol. The number of nitrogens with zero attached hydrogens (tertiary/aromatic N) is 2. The predicted octanol–water partition coefficient (Wildman–Crippen LogP) is 3.76. The van der Waals surface area contributed by atoms with Crippen LogP contribution in [-0.2, 0) is 16.6 Å². The molecule has 0 bridgehead atoms. The summed E-state index contributed by atoms with van der Waals surface area (Å²) >= 11 is 0. The summed E-state index contributed by atoms with van der Waals surface area (Å²) in [6.45, 7) is 0.154. The molecule has 0 radical (unpaired) electrons. The Labute approximate surface area is 202 Å². The highest BCUT2D eigenvalue weighted by Crippen LogP contribution is 2.44. The van der Waals surface area contributed by atoms with E-state index in [9.17, 15) is 14.4 Å². The third kappa shape index (κ3) is 4.75. The van der Waals surface area contributed by atoms with Crippen molar-refractivity contribution in [2.24, 2.45) is 13.0 Å². The maximum atomic E-state index is 13.0. The minimum atomic E-state index is -1.19. The summed E-state index contributed by atoms with van der Waals surface area (Å²) in [4.78, 5) is 36.9. The summed E-state index contributed by atoms with van der Waals surface area (Å²) < 4.78 is 6.89. The van der Waals surface area contributed by atoms with Crippen molar-refractivity contribution in [3.63, 3.8) is 0 Å². The van der Waals surface area contributed by atoms with E-state index in [0.29, 0.717) is 12.3 Å². The smallest absolute Gasteiger partial charge is 0.407 e. The van der Waals surface area contributed by atoms with Crippen LogP contribution in [0.25, 0.3) is 11.1 Å². The van der Waals surface area contributed by atoms with Gasteiger partial charge < -0.3 is 20.5 Å². The molecule has 2 aliphatic carbocycles. The maximum Gasteiger partial charge on any atom is 0.407 e. The van der Waals surface area contributed by atoms with Gasteiger partial charge in [0.2, 0.25) is 5.91 Å². The number of aryl methyl sites for hydroxylation is 1. The number of anilines is 1. The van der Waals surface area contributed by atoms with Crippen LogP contribution < -0.4 is 10.6 Å². The van der Waals surface area contributed by atoms with E-state index >= 15 is 0 Å². The van der Waals surface area contributed by atoms with Crippen molar-refractivity contribution in [3.8, 4) is 11.1 Å². The summed E-state index contributed by atoms with van der Waals surface area (Å²) in [5.41, 5.74) is 4.32. The number of nitrogens with one attached hydrogen (secondary N) is 2. The van der Waals surface area contributed by atoms with E-state index in [4.69, 9.17) is 9.84 Å². The fourth-order valence-corrected chi connectivity index (χ4v) is 4.60. The van der Waals surface area contributed by atoms with Crippen LogP contribution in [0.1, 0.15) is 46.8 Å². The molecule has 0 unspecified atom stereocenters. The molecule has 9 nitrogen and oxygen atoms in total. The minimum absolute atomic E-state index is 0.0762. The monoisotopic (exact) mass is 474 g/mol. The van der Waals surface area contributed by atoms with E-state index in [1.807, 2.05) is 36.4 Å². The van der Waals surface area contributed by atoms with Gasteiger partial charge in [-0.25, -0.2) is 9.59 Å². The van der Waals surface area contributed by atoms with Crippen LogP contribution in [0.3, 0.4) is 0 Å². The number of carbonyl (C=O) groups is 3. The molecule has 1 heterocycles. The molecular weight excluding hydrogens is 448 g/mol. The first-order valence-corrected chi connectivity index (χ1v) is 11.6. The van der Waals surface area contributed by atoms with Crippen LogP contribution in [0.5, 0.6) is 0 Å². The van der Waals surface area contributed by atoms with Gasteiger partial charge in [-0.3, -0.25) is 9.48 Å².